The van der Waals surface area contributed by atoms with Crippen molar-refractivity contribution >= 4 is 0 Å². The summed E-state index contributed by atoms with van der Waals surface area (Å²) in [6, 6.07) is 15.2. The minimum absolute atomic E-state index is 1.02. The molecule has 1 aromatic carbocycles. The predicted molar refractivity (Wildman–Crippen MR) is 97.3 cm³/mol. The number of hydrogen-bond donors (Lipinski definition) is 0. The zero-order valence-electron chi connectivity index (χ0n) is 15.0. The van der Waals surface area contributed by atoms with Crippen LogP contribution in [-0.4, -0.2) is 32.2 Å². The molecule has 0 aliphatic heterocycles. The third kappa shape index (κ3) is 7.43. The van der Waals surface area contributed by atoms with E-state index in [4.69, 9.17) is 0 Å². The first-order chi connectivity index (χ1) is 11.0. The van der Waals surface area contributed by atoms with Gasteiger partial charge in [0.1, 0.15) is 6.54 Å². The van der Waals surface area contributed by atoms with Crippen LogP contribution in [0.3, 0.4) is 0 Å². The smallest absolute Gasteiger partial charge is 0.169 e. The fraction of sp³-hybridized carbons (Fsp3) is 0.476. The monoisotopic (exact) mass is 312 g/mol. The van der Waals surface area contributed by atoms with Gasteiger partial charge in [-0.3, -0.25) is 0 Å². The molecule has 0 radical (unpaired) electrons. The summed E-state index contributed by atoms with van der Waals surface area (Å²) in [5, 5.41) is 0. The molecule has 2 aromatic rings. The van der Waals surface area contributed by atoms with E-state index >= 15 is 0 Å². The lowest BCUT2D eigenvalue weighted by molar-refractivity contribution is -0.870. The molecule has 0 N–H and O–H groups in total. The van der Waals surface area contributed by atoms with E-state index in [1.165, 1.54) is 43.4 Å². The Bertz CT molecular complexity index is 553. The number of aryl methyl sites for hydroxylation is 1. The summed E-state index contributed by atoms with van der Waals surface area (Å²) >= 11 is 0. The molecule has 1 heterocycles. The van der Waals surface area contributed by atoms with Crippen LogP contribution >= 0.6 is 0 Å². The van der Waals surface area contributed by atoms with Crippen molar-refractivity contribution in [3.63, 3.8) is 0 Å². The molecule has 0 fully saturated rings. The standard InChI is InChI=1S/C21H32N2/c1-23(2,3)18-10-5-4-9-15-22-16-13-21(14-17-22)19-20-11-7-6-8-12-20/h6-8,11-14,16-17H,4-5,9-10,15,18-19H2,1-3H3/q+2. The molecule has 124 valence electrons. The Kier molecular flexibility index (Phi) is 6.79. The van der Waals surface area contributed by atoms with Crippen LogP contribution in [0, 0.1) is 0 Å². The Labute approximate surface area is 142 Å². The third-order valence-electron chi connectivity index (χ3n) is 4.21. The van der Waals surface area contributed by atoms with E-state index in [-0.39, 0.29) is 0 Å². The van der Waals surface area contributed by atoms with Crippen molar-refractivity contribution in [3.8, 4) is 0 Å². The third-order valence-corrected chi connectivity index (χ3v) is 4.21. The number of benzene rings is 1. The summed E-state index contributed by atoms with van der Waals surface area (Å²) in [7, 11) is 6.81. The molecule has 23 heavy (non-hydrogen) atoms. The van der Waals surface area contributed by atoms with E-state index in [1.54, 1.807) is 0 Å². The molecular weight excluding hydrogens is 280 g/mol. The van der Waals surface area contributed by atoms with E-state index < -0.39 is 0 Å². The van der Waals surface area contributed by atoms with Crippen LogP contribution in [-0.2, 0) is 13.0 Å². The van der Waals surface area contributed by atoms with Crippen LogP contribution in [0.4, 0.5) is 0 Å². The highest BCUT2D eigenvalue weighted by molar-refractivity contribution is 5.23. The summed E-state index contributed by atoms with van der Waals surface area (Å²) in [6.07, 6.45) is 10.8. The summed E-state index contributed by atoms with van der Waals surface area (Å²) in [4.78, 5) is 0. The summed E-state index contributed by atoms with van der Waals surface area (Å²) in [5.41, 5.74) is 2.76. The van der Waals surface area contributed by atoms with Crippen LogP contribution < -0.4 is 4.57 Å². The first-order valence-electron chi connectivity index (χ1n) is 8.85. The Morgan fingerprint density at radius 1 is 0.739 bits per heavy atom. The van der Waals surface area contributed by atoms with Crippen molar-refractivity contribution in [2.75, 3.05) is 27.7 Å². The quantitative estimate of drug-likeness (QED) is 0.376. The minimum Gasteiger partial charge on any atom is -0.331 e. The van der Waals surface area contributed by atoms with Gasteiger partial charge >= 0.3 is 0 Å². The number of rotatable bonds is 9. The van der Waals surface area contributed by atoms with Gasteiger partial charge in [0, 0.05) is 18.6 Å². The van der Waals surface area contributed by atoms with Crippen molar-refractivity contribution < 1.29 is 9.05 Å². The topological polar surface area (TPSA) is 3.88 Å². The van der Waals surface area contributed by atoms with E-state index in [0.29, 0.717) is 0 Å². The highest BCUT2D eigenvalue weighted by Crippen LogP contribution is 2.07. The van der Waals surface area contributed by atoms with Crippen LogP contribution in [0.1, 0.15) is 36.8 Å². The Balaban J connectivity index is 1.67. The molecule has 1 aromatic heterocycles. The minimum atomic E-state index is 1.02. The van der Waals surface area contributed by atoms with Gasteiger partial charge in [-0.2, -0.15) is 0 Å². The second-order valence-electron chi connectivity index (χ2n) is 7.53. The maximum Gasteiger partial charge on any atom is 0.169 e. The lowest BCUT2D eigenvalue weighted by atomic mass is 10.1. The molecule has 0 aliphatic rings. The van der Waals surface area contributed by atoms with Crippen molar-refractivity contribution in [2.24, 2.45) is 0 Å². The largest absolute Gasteiger partial charge is 0.331 e. The fourth-order valence-corrected chi connectivity index (χ4v) is 2.82. The van der Waals surface area contributed by atoms with Crippen LogP contribution in [0.2, 0.25) is 0 Å². The molecule has 0 bridgehead atoms. The lowest BCUT2D eigenvalue weighted by Crippen LogP contribution is -2.35. The normalized spacial score (nSPS) is 11.6. The van der Waals surface area contributed by atoms with Gasteiger partial charge in [0.25, 0.3) is 0 Å². The zero-order chi connectivity index (χ0) is 16.5. The molecule has 2 rings (SSSR count). The molecular formula is C21H32N2+2. The van der Waals surface area contributed by atoms with Gasteiger partial charge in [-0.25, -0.2) is 4.57 Å². The van der Waals surface area contributed by atoms with E-state index in [2.05, 4.69) is 80.6 Å². The Hall–Kier alpha value is -1.67. The van der Waals surface area contributed by atoms with Gasteiger partial charge in [0.2, 0.25) is 0 Å². The van der Waals surface area contributed by atoms with Crippen molar-refractivity contribution in [3.05, 3.63) is 66.0 Å². The average Bonchev–Trinajstić information content (AvgIpc) is 2.52. The Morgan fingerprint density at radius 3 is 2.00 bits per heavy atom. The number of hydrogen-bond acceptors (Lipinski definition) is 0. The van der Waals surface area contributed by atoms with Gasteiger partial charge in [-0.15, -0.1) is 0 Å². The Morgan fingerprint density at radius 2 is 1.35 bits per heavy atom. The van der Waals surface area contributed by atoms with Crippen LogP contribution in [0.15, 0.2) is 54.9 Å². The van der Waals surface area contributed by atoms with Gasteiger partial charge in [-0.05, 0) is 36.8 Å². The van der Waals surface area contributed by atoms with Gasteiger partial charge in [-0.1, -0.05) is 30.3 Å². The van der Waals surface area contributed by atoms with E-state index in [9.17, 15) is 0 Å². The highest BCUT2D eigenvalue weighted by Gasteiger charge is 2.06. The maximum atomic E-state index is 2.31. The number of unbranched alkanes of at least 4 members (excludes halogenated alkanes) is 3. The number of nitrogens with zero attached hydrogens (tertiary/aromatic N) is 2. The second kappa shape index (κ2) is 8.83. The van der Waals surface area contributed by atoms with E-state index in [0.717, 1.165) is 17.4 Å². The molecule has 0 aliphatic carbocycles. The van der Waals surface area contributed by atoms with E-state index in [1.807, 2.05) is 0 Å². The summed E-state index contributed by atoms with van der Waals surface area (Å²) < 4.78 is 3.39. The highest BCUT2D eigenvalue weighted by atomic mass is 15.3. The lowest BCUT2D eigenvalue weighted by Gasteiger charge is -2.23. The summed E-state index contributed by atoms with van der Waals surface area (Å²) in [6.45, 7) is 2.41. The SMILES string of the molecule is C[N+](C)(C)CCCCCC[n+]1ccc(Cc2ccccc2)cc1. The number of quaternary nitrogens is 1. The van der Waals surface area contributed by atoms with Crippen LogP contribution in [0.5, 0.6) is 0 Å². The van der Waals surface area contributed by atoms with Crippen molar-refractivity contribution in [1.82, 2.24) is 0 Å². The predicted octanol–water partition coefficient (Wildman–Crippen LogP) is 3.83. The summed E-state index contributed by atoms with van der Waals surface area (Å²) in [5.74, 6) is 0. The van der Waals surface area contributed by atoms with Crippen molar-refractivity contribution in [2.45, 2.75) is 38.6 Å². The average molecular weight is 313 g/mol. The molecule has 0 atom stereocenters. The number of pyridine rings is 1. The molecule has 0 saturated carbocycles. The maximum absolute atomic E-state index is 2.31. The van der Waals surface area contributed by atoms with Crippen LogP contribution in [0.25, 0.3) is 0 Å². The molecule has 0 spiro atoms. The van der Waals surface area contributed by atoms with Gasteiger partial charge in [0.05, 0.1) is 27.7 Å². The molecule has 2 heteroatoms. The molecule has 2 nitrogen and oxygen atoms in total. The fourth-order valence-electron chi connectivity index (χ4n) is 2.82. The number of aromatic nitrogens is 1. The first-order valence-corrected chi connectivity index (χ1v) is 8.85. The molecule has 0 saturated heterocycles. The van der Waals surface area contributed by atoms with Crippen molar-refractivity contribution in [1.29, 1.82) is 0 Å². The first kappa shape index (κ1) is 17.7. The zero-order valence-corrected chi connectivity index (χ0v) is 15.0. The molecule has 0 unspecified atom stereocenters. The molecule has 0 amide bonds. The second-order valence-corrected chi connectivity index (χ2v) is 7.53. The van der Waals surface area contributed by atoms with Gasteiger partial charge < -0.3 is 4.48 Å². The van der Waals surface area contributed by atoms with Gasteiger partial charge in [0.15, 0.2) is 12.4 Å².